The molecule has 0 aromatic carbocycles. The molecule has 4 nitrogen and oxygen atoms in total. The van der Waals surface area contributed by atoms with Crippen LogP contribution < -0.4 is 11.1 Å². The van der Waals surface area contributed by atoms with Crippen molar-refractivity contribution < 1.29 is 4.79 Å². The SMILES string of the molecule is NC1CCN(CC(=O)NC2CCCC2)C1. The Morgan fingerprint density at radius 1 is 1.33 bits per heavy atom. The zero-order chi connectivity index (χ0) is 10.7. The number of rotatable bonds is 3. The average Bonchev–Trinajstić information content (AvgIpc) is 2.77. The Kier molecular flexibility index (Phi) is 3.59. The number of nitrogens with two attached hydrogens (primary N) is 1. The molecular formula is C11H21N3O. The lowest BCUT2D eigenvalue weighted by molar-refractivity contribution is -0.122. The summed E-state index contributed by atoms with van der Waals surface area (Å²) in [5.74, 6) is 0.177. The van der Waals surface area contributed by atoms with E-state index in [2.05, 4.69) is 10.2 Å². The van der Waals surface area contributed by atoms with E-state index in [9.17, 15) is 4.79 Å². The van der Waals surface area contributed by atoms with Crippen LogP contribution in [0.1, 0.15) is 32.1 Å². The van der Waals surface area contributed by atoms with Crippen LogP contribution in [-0.4, -0.2) is 42.5 Å². The number of nitrogens with one attached hydrogen (secondary N) is 1. The number of carbonyl (C=O) groups excluding carboxylic acids is 1. The van der Waals surface area contributed by atoms with Crippen LogP contribution in [0.2, 0.25) is 0 Å². The van der Waals surface area contributed by atoms with Crippen LogP contribution >= 0.6 is 0 Å². The summed E-state index contributed by atoms with van der Waals surface area (Å²) in [5.41, 5.74) is 5.79. The molecule has 1 heterocycles. The summed E-state index contributed by atoms with van der Waals surface area (Å²) in [5, 5.41) is 3.10. The predicted octanol–water partition coefficient (Wildman–Crippen LogP) is 0.0782. The van der Waals surface area contributed by atoms with Crippen LogP contribution in [0.4, 0.5) is 0 Å². The van der Waals surface area contributed by atoms with Crippen molar-refractivity contribution in [3.8, 4) is 0 Å². The van der Waals surface area contributed by atoms with Crippen LogP contribution in [0.3, 0.4) is 0 Å². The number of hydrogen-bond acceptors (Lipinski definition) is 3. The van der Waals surface area contributed by atoms with Crippen LogP contribution in [-0.2, 0) is 4.79 Å². The zero-order valence-corrected chi connectivity index (χ0v) is 9.24. The maximum Gasteiger partial charge on any atom is 0.234 e. The Balaban J connectivity index is 1.67. The standard InChI is InChI=1S/C11H21N3O/c12-9-5-6-14(7-9)8-11(15)13-10-3-1-2-4-10/h9-10H,1-8,12H2,(H,13,15). The fraction of sp³-hybridized carbons (Fsp3) is 0.909. The van der Waals surface area contributed by atoms with E-state index in [1.165, 1.54) is 12.8 Å². The number of amides is 1. The van der Waals surface area contributed by atoms with E-state index in [0.29, 0.717) is 12.6 Å². The molecule has 1 aliphatic carbocycles. The molecule has 0 radical (unpaired) electrons. The van der Waals surface area contributed by atoms with Crippen molar-refractivity contribution in [2.45, 2.75) is 44.2 Å². The highest BCUT2D eigenvalue weighted by molar-refractivity contribution is 5.78. The summed E-state index contributed by atoms with van der Waals surface area (Å²) in [4.78, 5) is 13.8. The Bertz CT molecular complexity index is 226. The van der Waals surface area contributed by atoms with Crippen LogP contribution in [0.15, 0.2) is 0 Å². The third-order valence-corrected chi connectivity index (χ3v) is 3.40. The molecule has 0 aromatic rings. The second-order valence-corrected chi connectivity index (χ2v) is 4.83. The van der Waals surface area contributed by atoms with E-state index < -0.39 is 0 Å². The van der Waals surface area contributed by atoms with Crippen molar-refractivity contribution in [3.05, 3.63) is 0 Å². The Labute approximate surface area is 91.2 Å². The minimum absolute atomic E-state index is 0.177. The van der Waals surface area contributed by atoms with Crippen molar-refractivity contribution in [2.24, 2.45) is 5.73 Å². The van der Waals surface area contributed by atoms with Gasteiger partial charge in [0.25, 0.3) is 0 Å². The molecule has 0 spiro atoms. The first-order valence-corrected chi connectivity index (χ1v) is 6.01. The first kappa shape index (κ1) is 10.9. The molecule has 2 fully saturated rings. The molecule has 1 saturated carbocycles. The molecule has 3 N–H and O–H groups in total. The van der Waals surface area contributed by atoms with Crippen molar-refractivity contribution in [2.75, 3.05) is 19.6 Å². The third-order valence-electron chi connectivity index (χ3n) is 3.40. The van der Waals surface area contributed by atoms with Gasteiger partial charge in [0, 0.05) is 25.2 Å². The quantitative estimate of drug-likeness (QED) is 0.695. The second-order valence-electron chi connectivity index (χ2n) is 4.83. The summed E-state index contributed by atoms with van der Waals surface area (Å²) >= 11 is 0. The lowest BCUT2D eigenvalue weighted by Crippen LogP contribution is -2.41. The van der Waals surface area contributed by atoms with E-state index >= 15 is 0 Å². The lowest BCUT2D eigenvalue weighted by Gasteiger charge is -2.17. The molecule has 86 valence electrons. The summed E-state index contributed by atoms with van der Waals surface area (Å²) in [7, 11) is 0. The first-order valence-electron chi connectivity index (χ1n) is 6.01. The van der Waals surface area contributed by atoms with E-state index in [4.69, 9.17) is 5.73 Å². The highest BCUT2D eigenvalue weighted by Crippen LogP contribution is 2.17. The maximum absolute atomic E-state index is 11.7. The number of carbonyl (C=O) groups is 1. The third kappa shape index (κ3) is 3.18. The molecule has 1 aliphatic heterocycles. The van der Waals surface area contributed by atoms with E-state index in [0.717, 1.165) is 32.4 Å². The van der Waals surface area contributed by atoms with Crippen molar-refractivity contribution in [1.29, 1.82) is 0 Å². The van der Waals surface area contributed by atoms with Gasteiger partial charge in [-0.1, -0.05) is 12.8 Å². The van der Waals surface area contributed by atoms with E-state index in [1.54, 1.807) is 0 Å². The molecule has 1 unspecified atom stereocenters. The zero-order valence-electron chi connectivity index (χ0n) is 9.24. The minimum Gasteiger partial charge on any atom is -0.352 e. The highest BCUT2D eigenvalue weighted by atomic mass is 16.2. The Morgan fingerprint density at radius 3 is 2.67 bits per heavy atom. The van der Waals surface area contributed by atoms with Crippen molar-refractivity contribution in [3.63, 3.8) is 0 Å². The first-order chi connectivity index (χ1) is 7.24. The maximum atomic E-state index is 11.7. The Morgan fingerprint density at radius 2 is 2.07 bits per heavy atom. The fourth-order valence-corrected chi connectivity index (χ4v) is 2.55. The average molecular weight is 211 g/mol. The summed E-state index contributed by atoms with van der Waals surface area (Å²) in [6, 6.07) is 0.707. The second kappa shape index (κ2) is 4.94. The van der Waals surface area contributed by atoms with Gasteiger partial charge in [0.1, 0.15) is 0 Å². The van der Waals surface area contributed by atoms with Crippen molar-refractivity contribution >= 4 is 5.91 Å². The summed E-state index contributed by atoms with van der Waals surface area (Å²) in [6.45, 7) is 2.38. The lowest BCUT2D eigenvalue weighted by atomic mass is 10.2. The monoisotopic (exact) mass is 211 g/mol. The molecule has 4 heteroatoms. The topological polar surface area (TPSA) is 58.4 Å². The Hall–Kier alpha value is -0.610. The van der Waals surface area contributed by atoms with Gasteiger partial charge in [-0.2, -0.15) is 0 Å². The van der Waals surface area contributed by atoms with Gasteiger partial charge in [-0.15, -0.1) is 0 Å². The highest BCUT2D eigenvalue weighted by Gasteiger charge is 2.23. The molecule has 2 rings (SSSR count). The summed E-state index contributed by atoms with van der Waals surface area (Å²) in [6.07, 6.45) is 5.87. The van der Waals surface area contributed by atoms with Gasteiger partial charge >= 0.3 is 0 Å². The number of nitrogens with zero attached hydrogens (tertiary/aromatic N) is 1. The van der Waals surface area contributed by atoms with Gasteiger partial charge in [0.05, 0.1) is 6.54 Å². The largest absolute Gasteiger partial charge is 0.352 e. The fourth-order valence-electron chi connectivity index (χ4n) is 2.55. The summed E-state index contributed by atoms with van der Waals surface area (Å²) < 4.78 is 0. The molecule has 1 amide bonds. The minimum atomic E-state index is 0.177. The predicted molar refractivity (Wildman–Crippen MR) is 59.4 cm³/mol. The van der Waals surface area contributed by atoms with Gasteiger partial charge in [-0.25, -0.2) is 0 Å². The van der Waals surface area contributed by atoms with E-state index in [-0.39, 0.29) is 11.9 Å². The molecule has 0 aromatic heterocycles. The molecule has 2 aliphatic rings. The van der Waals surface area contributed by atoms with Crippen LogP contribution in [0.25, 0.3) is 0 Å². The number of hydrogen-bond donors (Lipinski definition) is 2. The van der Waals surface area contributed by atoms with Gasteiger partial charge in [0.15, 0.2) is 0 Å². The number of likely N-dealkylation sites (tertiary alicyclic amines) is 1. The van der Waals surface area contributed by atoms with Gasteiger partial charge < -0.3 is 11.1 Å². The molecule has 1 saturated heterocycles. The van der Waals surface area contributed by atoms with Gasteiger partial charge in [0.2, 0.25) is 5.91 Å². The van der Waals surface area contributed by atoms with Gasteiger partial charge in [-0.3, -0.25) is 9.69 Å². The van der Waals surface area contributed by atoms with Crippen LogP contribution in [0, 0.1) is 0 Å². The molecule has 0 bridgehead atoms. The van der Waals surface area contributed by atoms with Crippen LogP contribution in [0.5, 0.6) is 0 Å². The molecular weight excluding hydrogens is 190 g/mol. The van der Waals surface area contributed by atoms with Crippen molar-refractivity contribution in [1.82, 2.24) is 10.2 Å². The molecule has 15 heavy (non-hydrogen) atoms. The smallest absolute Gasteiger partial charge is 0.234 e. The van der Waals surface area contributed by atoms with E-state index in [1.807, 2.05) is 0 Å². The van der Waals surface area contributed by atoms with Gasteiger partial charge in [-0.05, 0) is 19.3 Å². The normalized spacial score (nSPS) is 28.5. The molecule has 1 atom stereocenters.